The number of halogens is 2. The number of benzene rings is 3. The fourth-order valence-electron chi connectivity index (χ4n) is 4.45. The standard InChI is InChI=1S/C30H35BrClN3O5S/c1-4-33-30(37)27(19-22-9-6-5-7-10-22)34(21-23-12-14-24(31)15-13-23)29(36)11-8-18-35(41(3,38)39)25-16-17-28(40-2)26(32)20-25/h5-7,9-10,12-17,20,27H,4,8,11,18-19,21H2,1-3H3,(H,33,37)/t27-/m1/s1. The molecule has 0 spiro atoms. The molecule has 220 valence electrons. The van der Waals surface area contributed by atoms with E-state index in [1.807, 2.05) is 61.5 Å². The maximum atomic E-state index is 13.8. The SMILES string of the molecule is CCNC(=O)[C@@H](Cc1ccccc1)N(Cc1ccc(Br)cc1)C(=O)CCCN(c1ccc(OC)c(Cl)c1)S(C)(=O)=O. The molecule has 1 atom stereocenters. The van der Waals surface area contributed by atoms with Crippen molar-refractivity contribution in [3.05, 3.63) is 93.4 Å². The number of anilines is 1. The summed E-state index contributed by atoms with van der Waals surface area (Å²) in [6.07, 6.45) is 1.73. The third-order valence-electron chi connectivity index (χ3n) is 6.46. The van der Waals surface area contributed by atoms with Crippen LogP contribution in [0.2, 0.25) is 5.02 Å². The van der Waals surface area contributed by atoms with Gasteiger partial charge in [-0.1, -0.05) is 70.0 Å². The summed E-state index contributed by atoms with van der Waals surface area (Å²) in [6, 6.07) is 21.1. The zero-order chi connectivity index (χ0) is 30.0. The highest BCUT2D eigenvalue weighted by Gasteiger charge is 2.30. The number of carbonyl (C=O) groups excluding carboxylic acids is 2. The van der Waals surface area contributed by atoms with Gasteiger partial charge in [-0.2, -0.15) is 0 Å². The minimum atomic E-state index is -3.66. The van der Waals surface area contributed by atoms with E-state index in [-0.39, 0.29) is 42.8 Å². The summed E-state index contributed by atoms with van der Waals surface area (Å²) < 4.78 is 32.6. The molecule has 0 aliphatic heterocycles. The Morgan fingerprint density at radius 2 is 1.71 bits per heavy atom. The van der Waals surface area contributed by atoms with Crippen molar-refractivity contribution in [3.8, 4) is 5.75 Å². The van der Waals surface area contributed by atoms with Crippen molar-refractivity contribution >= 4 is 55.1 Å². The Kier molecular flexibility index (Phi) is 12.1. The molecular weight excluding hydrogens is 630 g/mol. The Balaban J connectivity index is 1.86. The van der Waals surface area contributed by atoms with E-state index in [2.05, 4.69) is 21.2 Å². The molecule has 0 fully saturated rings. The van der Waals surface area contributed by atoms with E-state index in [0.717, 1.165) is 21.9 Å². The average molecular weight is 665 g/mol. The van der Waals surface area contributed by atoms with Gasteiger partial charge >= 0.3 is 0 Å². The molecule has 0 saturated carbocycles. The van der Waals surface area contributed by atoms with Crippen molar-refractivity contribution in [3.63, 3.8) is 0 Å². The predicted octanol–water partition coefficient (Wildman–Crippen LogP) is 5.43. The third kappa shape index (κ3) is 9.48. The minimum Gasteiger partial charge on any atom is -0.495 e. The summed E-state index contributed by atoms with van der Waals surface area (Å²) in [7, 11) is -2.18. The lowest BCUT2D eigenvalue weighted by Crippen LogP contribution is -2.50. The van der Waals surface area contributed by atoms with E-state index in [1.54, 1.807) is 17.0 Å². The average Bonchev–Trinajstić information content (AvgIpc) is 2.94. The number of hydrogen-bond donors (Lipinski definition) is 1. The van der Waals surface area contributed by atoms with Crippen LogP contribution in [0.15, 0.2) is 77.3 Å². The van der Waals surface area contributed by atoms with Gasteiger partial charge in [0.1, 0.15) is 11.8 Å². The largest absolute Gasteiger partial charge is 0.495 e. The van der Waals surface area contributed by atoms with Gasteiger partial charge in [-0.15, -0.1) is 0 Å². The Morgan fingerprint density at radius 3 is 2.29 bits per heavy atom. The van der Waals surface area contributed by atoms with Crippen molar-refractivity contribution in [2.24, 2.45) is 0 Å². The van der Waals surface area contributed by atoms with Gasteiger partial charge < -0.3 is 15.0 Å². The second-order valence-electron chi connectivity index (χ2n) is 9.51. The molecular formula is C30H35BrClN3O5S. The van der Waals surface area contributed by atoms with Crippen LogP contribution >= 0.6 is 27.5 Å². The van der Waals surface area contributed by atoms with Crippen molar-refractivity contribution in [1.29, 1.82) is 0 Å². The van der Waals surface area contributed by atoms with Crippen LogP contribution in [0.3, 0.4) is 0 Å². The summed E-state index contributed by atoms with van der Waals surface area (Å²) in [5.41, 5.74) is 2.17. The fourth-order valence-corrected chi connectivity index (χ4v) is 5.92. The smallest absolute Gasteiger partial charge is 0.243 e. The van der Waals surface area contributed by atoms with Crippen LogP contribution in [-0.4, -0.2) is 57.6 Å². The van der Waals surface area contributed by atoms with E-state index in [0.29, 0.717) is 24.4 Å². The van der Waals surface area contributed by atoms with Crippen LogP contribution in [0.4, 0.5) is 5.69 Å². The minimum absolute atomic E-state index is 0.0388. The van der Waals surface area contributed by atoms with Crippen molar-refractivity contribution < 1.29 is 22.7 Å². The van der Waals surface area contributed by atoms with E-state index in [9.17, 15) is 18.0 Å². The first-order valence-corrected chi connectivity index (χ1v) is 16.2. The van der Waals surface area contributed by atoms with E-state index >= 15 is 0 Å². The van der Waals surface area contributed by atoms with Crippen molar-refractivity contribution in [2.45, 2.75) is 38.8 Å². The molecule has 0 aliphatic rings. The number of amides is 2. The molecule has 8 nitrogen and oxygen atoms in total. The third-order valence-corrected chi connectivity index (χ3v) is 8.48. The summed E-state index contributed by atoms with van der Waals surface area (Å²) in [5, 5.41) is 3.15. The Bertz CT molecular complexity index is 1420. The number of carbonyl (C=O) groups is 2. The second kappa shape index (κ2) is 15.2. The summed E-state index contributed by atoms with van der Waals surface area (Å²) >= 11 is 9.68. The molecule has 1 N–H and O–H groups in total. The second-order valence-corrected chi connectivity index (χ2v) is 12.7. The number of hydrogen-bond acceptors (Lipinski definition) is 5. The lowest BCUT2D eigenvalue weighted by Gasteiger charge is -2.32. The molecule has 3 aromatic carbocycles. The zero-order valence-corrected chi connectivity index (χ0v) is 26.5. The molecule has 2 amide bonds. The molecule has 0 aromatic heterocycles. The summed E-state index contributed by atoms with van der Waals surface area (Å²) in [6.45, 7) is 2.55. The first-order valence-electron chi connectivity index (χ1n) is 13.2. The van der Waals surface area contributed by atoms with Gasteiger partial charge in [0, 0.05) is 36.9 Å². The number of sulfonamides is 1. The predicted molar refractivity (Wildman–Crippen MR) is 167 cm³/mol. The van der Waals surface area contributed by atoms with Gasteiger partial charge in [-0.05, 0) is 54.8 Å². The normalized spacial score (nSPS) is 11.9. The molecule has 11 heteroatoms. The molecule has 41 heavy (non-hydrogen) atoms. The van der Waals surface area contributed by atoms with E-state index in [4.69, 9.17) is 16.3 Å². The highest BCUT2D eigenvalue weighted by atomic mass is 79.9. The number of methoxy groups -OCH3 is 1. The Labute approximate surface area is 255 Å². The van der Waals surface area contributed by atoms with Crippen LogP contribution in [0.25, 0.3) is 0 Å². The topological polar surface area (TPSA) is 96.0 Å². The zero-order valence-electron chi connectivity index (χ0n) is 23.3. The highest BCUT2D eigenvalue weighted by Crippen LogP contribution is 2.30. The molecule has 0 aliphatic carbocycles. The van der Waals surface area contributed by atoms with E-state index in [1.165, 1.54) is 17.5 Å². The molecule has 0 radical (unpaired) electrons. The quantitative estimate of drug-likeness (QED) is 0.248. The molecule has 3 aromatic rings. The number of likely N-dealkylation sites (N-methyl/N-ethyl adjacent to an activating group) is 1. The summed E-state index contributed by atoms with van der Waals surface area (Å²) in [4.78, 5) is 28.7. The van der Waals surface area contributed by atoms with Crippen LogP contribution in [0.1, 0.15) is 30.9 Å². The van der Waals surface area contributed by atoms with Gasteiger partial charge in [0.25, 0.3) is 0 Å². The number of nitrogens with zero attached hydrogens (tertiary/aromatic N) is 2. The van der Waals surface area contributed by atoms with Gasteiger partial charge in [0.05, 0.1) is 24.1 Å². The monoisotopic (exact) mass is 663 g/mol. The van der Waals surface area contributed by atoms with E-state index < -0.39 is 16.1 Å². The molecule has 0 unspecified atom stereocenters. The highest BCUT2D eigenvalue weighted by molar-refractivity contribution is 9.10. The van der Waals surface area contributed by atoms with Gasteiger partial charge in [0.15, 0.2) is 0 Å². The molecule has 3 rings (SSSR count). The maximum Gasteiger partial charge on any atom is 0.243 e. The first kappa shape index (κ1) is 32.4. The molecule has 0 heterocycles. The molecule has 0 bridgehead atoms. The Hall–Kier alpha value is -3.08. The van der Waals surface area contributed by atoms with Crippen LogP contribution in [0, 0.1) is 0 Å². The first-order chi connectivity index (χ1) is 19.5. The lowest BCUT2D eigenvalue weighted by molar-refractivity contribution is -0.141. The van der Waals surface area contributed by atoms with Crippen LogP contribution in [-0.2, 0) is 32.6 Å². The van der Waals surface area contributed by atoms with Gasteiger partial charge in [-0.25, -0.2) is 8.42 Å². The summed E-state index contributed by atoms with van der Waals surface area (Å²) in [5.74, 6) is -0.0637. The van der Waals surface area contributed by atoms with Crippen LogP contribution < -0.4 is 14.4 Å². The van der Waals surface area contributed by atoms with Crippen LogP contribution in [0.5, 0.6) is 5.75 Å². The van der Waals surface area contributed by atoms with Gasteiger partial charge in [-0.3, -0.25) is 13.9 Å². The van der Waals surface area contributed by atoms with Gasteiger partial charge in [0.2, 0.25) is 21.8 Å². The number of nitrogens with one attached hydrogen (secondary N) is 1. The lowest BCUT2D eigenvalue weighted by atomic mass is 10.0. The fraction of sp³-hybridized carbons (Fsp3) is 0.333. The van der Waals surface area contributed by atoms with Crippen molar-refractivity contribution in [1.82, 2.24) is 10.2 Å². The van der Waals surface area contributed by atoms with Crippen molar-refractivity contribution in [2.75, 3.05) is 30.8 Å². The Morgan fingerprint density at radius 1 is 1.02 bits per heavy atom. The number of rotatable bonds is 14. The number of ether oxygens (including phenoxy) is 1. The molecule has 0 saturated heterocycles. The maximum absolute atomic E-state index is 13.8.